The van der Waals surface area contributed by atoms with Crippen molar-refractivity contribution in [2.24, 2.45) is 29.1 Å². The number of sulfonamides is 1. The summed E-state index contributed by atoms with van der Waals surface area (Å²) in [6.45, 7) is 15.4. The van der Waals surface area contributed by atoms with Crippen molar-refractivity contribution < 1.29 is 41.8 Å². The Balaban J connectivity index is 1.82. The van der Waals surface area contributed by atoms with Crippen molar-refractivity contribution in [2.75, 3.05) is 13.2 Å². The third-order valence-electron chi connectivity index (χ3n) is 9.59. The lowest BCUT2D eigenvalue weighted by molar-refractivity contribution is -0.160. The molecule has 0 radical (unpaired) electrons. The molecule has 10 nitrogen and oxygen atoms in total. The SMILES string of the molecule is C=CCCC(C)C[C@@H](C)[C@H](CC(=O)OC(C)(C)C)C(=O)N1C[C@H](O)C[C@H]1C(=O)C[C@]1(C(=O)NS(=O)(=O)C2(CF)CC2)C[C@H]1C=C. The van der Waals surface area contributed by atoms with Gasteiger partial charge in [0.15, 0.2) is 5.78 Å². The molecule has 1 saturated heterocycles. The van der Waals surface area contributed by atoms with Crippen LogP contribution in [0.1, 0.15) is 92.4 Å². The molecule has 1 heterocycles. The van der Waals surface area contributed by atoms with E-state index in [1.54, 1.807) is 20.8 Å². The molecule has 2 saturated carbocycles. The molecule has 45 heavy (non-hydrogen) atoms. The van der Waals surface area contributed by atoms with Crippen LogP contribution in [0, 0.1) is 29.1 Å². The summed E-state index contributed by atoms with van der Waals surface area (Å²) in [6, 6.07) is -1.06. The molecular weight excluding hydrogens is 603 g/mol. The minimum absolute atomic E-state index is 0.0481. The van der Waals surface area contributed by atoms with Crippen LogP contribution in [0.4, 0.5) is 4.39 Å². The second-order valence-corrected chi connectivity index (χ2v) is 16.7. The third kappa shape index (κ3) is 8.61. The van der Waals surface area contributed by atoms with Crippen LogP contribution in [-0.4, -0.2) is 77.7 Å². The van der Waals surface area contributed by atoms with Gasteiger partial charge in [0.25, 0.3) is 0 Å². The van der Waals surface area contributed by atoms with E-state index in [0.29, 0.717) is 6.42 Å². The van der Waals surface area contributed by atoms with E-state index in [0.717, 1.165) is 12.8 Å². The smallest absolute Gasteiger partial charge is 0.307 e. The number of likely N-dealkylation sites (tertiary alicyclic amines) is 1. The summed E-state index contributed by atoms with van der Waals surface area (Å²) in [6.07, 6.45) is 4.41. The van der Waals surface area contributed by atoms with Crippen LogP contribution in [0.3, 0.4) is 0 Å². The number of amides is 2. The number of aliphatic hydroxyl groups excluding tert-OH is 1. The van der Waals surface area contributed by atoms with E-state index in [2.05, 4.69) is 20.1 Å². The summed E-state index contributed by atoms with van der Waals surface area (Å²) >= 11 is 0. The fourth-order valence-corrected chi connectivity index (χ4v) is 8.00. The average Bonchev–Trinajstić information content (AvgIpc) is 3.84. The molecule has 2 N–H and O–H groups in total. The van der Waals surface area contributed by atoms with E-state index in [4.69, 9.17) is 4.74 Å². The molecule has 0 aromatic carbocycles. The molecule has 1 aliphatic heterocycles. The van der Waals surface area contributed by atoms with Crippen LogP contribution in [0.15, 0.2) is 25.3 Å². The number of alkyl halides is 1. The van der Waals surface area contributed by atoms with Gasteiger partial charge in [-0.3, -0.25) is 23.9 Å². The Morgan fingerprint density at radius 1 is 1.18 bits per heavy atom. The van der Waals surface area contributed by atoms with E-state index in [1.165, 1.54) is 11.0 Å². The maximum Gasteiger partial charge on any atom is 0.307 e. The van der Waals surface area contributed by atoms with Gasteiger partial charge in [0.1, 0.15) is 17.0 Å². The summed E-state index contributed by atoms with van der Waals surface area (Å²) < 4.78 is 45.0. The molecule has 3 aliphatic rings. The highest BCUT2D eigenvalue weighted by Gasteiger charge is 2.63. The lowest BCUT2D eigenvalue weighted by Crippen LogP contribution is -2.48. The third-order valence-corrected chi connectivity index (χ3v) is 11.7. The minimum atomic E-state index is -4.30. The lowest BCUT2D eigenvalue weighted by atomic mass is 9.82. The van der Waals surface area contributed by atoms with Gasteiger partial charge in [-0.1, -0.05) is 26.0 Å². The van der Waals surface area contributed by atoms with Gasteiger partial charge in [-0.25, -0.2) is 12.8 Å². The highest BCUT2D eigenvalue weighted by Crippen LogP contribution is 2.57. The number of nitrogens with one attached hydrogen (secondary N) is 1. The summed E-state index contributed by atoms with van der Waals surface area (Å²) in [7, 11) is -4.30. The molecule has 0 aromatic rings. The molecule has 3 rings (SSSR count). The number of hydrogen-bond acceptors (Lipinski definition) is 8. The quantitative estimate of drug-likeness (QED) is 0.177. The molecule has 12 heteroatoms. The predicted molar refractivity (Wildman–Crippen MR) is 168 cm³/mol. The number of nitrogens with zero attached hydrogens (tertiary/aromatic N) is 1. The second-order valence-electron chi connectivity index (χ2n) is 14.6. The van der Waals surface area contributed by atoms with Gasteiger partial charge in [-0.15, -0.1) is 13.2 Å². The molecule has 7 atom stereocenters. The number of Topliss-reactive ketones (excluding diaryl/α,β-unsaturated/α-hetero) is 1. The Morgan fingerprint density at radius 3 is 2.33 bits per heavy atom. The van der Waals surface area contributed by atoms with Gasteiger partial charge >= 0.3 is 5.97 Å². The molecule has 254 valence electrons. The fourth-order valence-electron chi connectivity index (χ4n) is 6.55. The normalized spacial score (nSPS) is 27.5. The maximum atomic E-state index is 14.1. The maximum absolute atomic E-state index is 14.1. The summed E-state index contributed by atoms with van der Waals surface area (Å²) in [5.41, 5.74) is -2.16. The molecule has 2 aliphatic carbocycles. The van der Waals surface area contributed by atoms with Gasteiger partial charge < -0.3 is 14.7 Å². The number of aliphatic hydroxyl groups is 1. The van der Waals surface area contributed by atoms with Gasteiger partial charge in [0, 0.05) is 19.4 Å². The van der Waals surface area contributed by atoms with Crippen molar-refractivity contribution in [1.82, 2.24) is 9.62 Å². The number of ether oxygens (including phenoxy) is 1. The van der Waals surface area contributed by atoms with E-state index < -0.39 is 80.0 Å². The zero-order valence-electron chi connectivity index (χ0n) is 27.3. The zero-order chi connectivity index (χ0) is 34.0. The Bertz CT molecular complexity index is 1270. The van der Waals surface area contributed by atoms with Gasteiger partial charge in [0.2, 0.25) is 21.8 Å². The monoisotopic (exact) mass is 654 g/mol. The summed E-state index contributed by atoms with van der Waals surface area (Å²) in [4.78, 5) is 55.6. The topological polar surface area (TPSA) is 147 Å². The van der Waals surface area contributed by atoms with Crippen molar-refractivity contribution in [3.8, 4) is 0 Å². The highest BCUT2D eigenvalue weighted by atomic mass is 32.2. The number of rotatable bonds is 17. The number of hydrogen-bond donors (Lipinski definition) is 2. The fraction of sp³-hybridized carbons (Fsp3) is 0.758. The highest BCUT2D eigenvalue weighted by molar-refractivity contribution is 7.91. The molecule has 0 spiro atoms. The van der Waals surface area contributed by atoms with Crippen LogP contribution in [0.25, 0.3) is 0 Å². The number of carbonyl (C=O) groups excluding carboxylic acids is 4. The lowest BCUT2D eigenvalue weighted by Gasteiger charge is -2.32. The Hall–Kier alpha value is -2.60. The van der Waals surface area contributed by atoms with Crippen molar-refractivity contribution in [1.29, 1.82) is 0 Å². The second kappa shape index (κ2) is 14.0. The minimum Gasteiger partial charge on any atom is -0.460 e. The molecule has 0 bridgehead atoms. The largest absolute Gasteiger partial charge is 0.460 e. The Kier molecular flexibility index (Phi) is 11.5. The number of β-amino-alcohol motifs (C(OH)–C–C–N with tert-alkyl or cyclic N) is 1. The number of carbonyl (C=O) groups is 4. The van der Waals surface area contributed by atoms with Crippen molar-refractivity contribution in [3.05, 3.63) is 25.3 Å². The van der Waals surface area contributed by atoms with Crippen LogP contribution < -0.4 is 4.72 Å². The van der Waals surface area contributed by atoms with Crippen LogP contribution in [-0.2, 0) is 33.9 Å². The Labute approximate surface area is 267 Å². The molecule has 0 aromatic heterocycles. The van der Waals surface area contributed by atoms with Crippen molar-refractivity contribution in [3.63, 3.8) is 0 Å². The molecule has 3 fully saturated rings. The number of ketones is 1. The van der Waals surface area contributed by atoms with Crippen molar-refractivity contribution >= 4 is 33.6 Å². The first-order valence-electron chi connectivity index (χ1n) is 15.9. The Morgan fingerprint density at radius 2 is 1.82 bits per heavy atom. The van der Waals surface area contributed by atoms with Crippen molar-refractivity contribution in [2.45, 2.75) is 115 Å². The average molecular weight is 655 g/mol. The van der Waals surface area contributed by atoms with E-state index in [1.807, 2.05) is 17.7 Å². The van der Waals surface area contributed by atoms with Crippen LogP contribution >= 0.6 is 0 Å². The molecule has 1 unspecified atom stereocenters. The van der Waals surface area contributed by atoms with Gasteiger partial charge in [-0.05, 0) is 77.0 Å². The first-order valence-corrected chi connectivity index (χ1v) is 17.4. The number of halogens is 1. The van der Waals surface area contributed by atoms with Crippen LogP contribution in [0.2, 0.25) is 0 Å². The van der Waals surface area contributed by atoms with Gasteiger partial charge in [-0.2, -0.15) is 0 Å². The van der Waals surface area contributed by atoms with Crippen LogP contribution in [0.5, 0.6) is 0 Å². The zero-order valence-corrected chi connectivity index (χ0v) is 28.2. The number of allylic oxidation sites excluding steroid dienone is 2. The van der Waals surface area contributed by atoms with E-state index >= 15 is 0 Å². The standard InChI is InChI=1S/C33H51FN2O8S/c1-8-10-11-21(3)14-22(4)25(16-28(39)44-31(5,6)7)29(40)36-19-24(37)15-26(36)27(38)18-33(17-23(33)9-2)30(41)35-45(42,43)32(20-34)12-13-32/h8-9,21-26,37H,1-2,10-20H2,3-7H3,(H,35,41)/t21?,22-,23-,24-,25+,26+,33-/m1/s1. The summed E-state index contributed by atoms with van der Waals surface area (Å²) in [5, 5.41) is 10.6. The summed E-state index contributed by atoms with van der Waals surface area (Å²) in [5.74, 6) is -3.68. The molecule has 2 amide bonds. The predicted octanol–water partition coefficient (Wildman–Crippen LogP) is 4.02. The first kappa shape index (κ1) is 36.9. The van der Waals surface area contributed by atoms with E-state index in [9.17, 15) is 37.1 Å². The van der Waals surface area contributed by atoms with Gasteiger partial charge in [0.05, 0.1) is 29.9 Å². The molecular formula is C33H51FN2O8S. The number of esters is 1. The first-order chi connectivity index (χ1) is 20.8. The van der Waals surface area contributed by atoms with E-state index in [-0.39, 0.29) is 56.9 Å².